The summed E-state index contributed by atoms with van der Waals surface area (Å²) < 4.78 is 5.99. The molecule has 140 valence electrons. The van der Waals surface area contributed by atoms with Crippen molar-refractivity contribution < 1.29 is 14.3 Å². The summed E-state index contributed by atoms with van der Waals surface area (Å²) in [6.45, 7) is 1.87. The van der Waals surface area contributed by atoms with Gasteiger partial charge in [0.15, 0.2) is 0 Å². The van der Waals surface area contributed by atoms with Crippen LogP contribution in [-0.2, 0) is 4.79 Å². The summed E-state index contributed by atoms with van der Waals surface area (Å²) >= 11 is 0. The second-order valence-electron chi connectivity index (χ2n) is 6.88. The number of amides is 2. The second kappa shape index (κ2) is 7.73. The summed E-state index contributed by atoms with van der Waals surface area (Å²) in [5.74, 6) is 0.418. The lowest BCUT2D eigenvalue weighted by atomic mass is 10.1. The SMILES string of the molecule is O=C([C@@H]1C[C@H](Oc2cccnc2)CN1C(=O)c1ccccn1)N1CCCC1. The summed E-state index contributed by atoms with van der Waals surface area (Å²) in [4.78, 5) is 37.7. The molecule has 2 aromatic rings. The maximum absolute atomic E-state index is 13.0. The van der Waals surface area contributed by atoms with E-state index in [1.165, 1.54) is 0 Å². The van der Waals surface area contributed by atoms with Crippen LogP contribution in [0.15, 0.2) is 48.9 Å². The van der Waals surface area contributed by atoms with Crippen molar-refractivity contribution in [1.82, 2.24) is 19.8 Å². The van der Waals surface area contributed by atoms with E-state index < -0.39 is 6.04 Å². The number of carbonyl (C=O) groups excluding carboxylic acids is 2. The first kappa shape index (κ1) is 17.5. The molecule has 7 nitrogen and oxygen atoms in total. The molecule has 0 N–H and O–H groups in total. The number of hydrogen-bond acceptors (Lipinski definition) is 5. The topological polar surface area (TPSA) is 75.6 Å². The fourth-order valence-corrected chi connectivity index (χ4v) is 3.74. The Hall–Kier alpha value is -2.96. The average molecular weight is 366 g/mol. The Labute approximate surface area is 158 Å². The Kier molecular flexibility index (Phi) is 5.00. The van der Waals surface area contributed by atoms with Gasteiger partial charge >= 0.3 is 0 Å². The standard InChI is InChI=1S/C20H22N4O3/c25-19(17-7-1-2-9-22-17)24-14-16(27-15-6-5-8-21-13-15)12-18(24)20(26)23-10-3-4-11-23/h1-2,5-9,13,16,18H,3-4,10-12,14H2/t16-,18-/m0/s1. The highest BCUT2D eigenvalue weighted by molar-refractivity contribution is 5.96. The summed E-state index contributed by atoms with van der Waals surface area (Å²) in [6, 6.07) is 8.33. The van der Waals surface area contributed by atoms with Crippen LogP contribution in [0.1, 0.15) is 29.8 Å². The third kappa shape index (κ3) is 3.77. The predicted octanol–water partition coefficient (Wildman–Crippen LogP) is 1.76. The van der Waals surface area contributed by atoms with Gasteiger partial charge in [-0.2, -0.15) is 0 Å². The van der Waals surface area contributed by atoms with Crippen molar-refractivity contribution in [2.24, 2.45) is 0 Å². The lowest BCUT2D eigenvalue weighted by Crippen LogP contribution is -2.47. The van der Waals surface area contributed by atoms with Gasteiger partial charge in [0.05, 0.1) is 12.7 Å². The minimum atomic E-state index is -0.515. The number of aromatic nitrogens is 2. The monoisotopic (exact) mass is 366 g/mol. The minimum absolute atomic E-state index is 0.00840. The maximum atomic E-state index is 13.0. The summed E-state index contributed by atoms with van der Waals surface area (Å²) in [5.41, 5.74) is 0.346. The Morgan fingerprint density at radius 3 is 2.63 bits per heavy atom. The van der Waals surface area contributed by atoms with Crippen molar-refractivity contribution in [2.75, 3.05) is 19.6 Å². The van der Waals surface area contributed by atoms with Crippen molar-refractivity contribution in [2.45, 2.75) is 31.4 Å². The lowest BCUT2D eigenvalue weighted by molar-refractivity contribution is -0.134. The number of likely N-dealkylation sites (tertiary alicyclic amines) is 2. The molecule has 0 unspecified atom stereocenters. The van der Waals surface area contributed by atoms with E-state index in [0.717, 1.165) is 25.9 Å². The molecular formula is C20H22N4O3. The van der Waals surface area contributed by atoms with E-state index >= 15 is 0 Å². The highest BCUT2D eigenvalue weighted by Crippen LogP contribution is 2.26. The molecule has 0 aromatic carbocycles. The van der Waals surface area contributed by atoms with Crippen molar-refractivity contribution in [3.63, 3.8) is 0 Å². The Morgan fingerprint density at radius 1 is 1.07 bits per heavy atom. The molecule has 0 radical (unpaired) electrons. The van der Waals surface area contributed by atoms with Crippen molar-refractivity contribution in [1.29, 1.82) is 0 Å². The number of pyridine rings is 2. The molecule has 4 rings (SSSR count). The first-order chi connectivity index (χ1) is 13.2. The highest BCUT2D eigenvalue weighted by Gasteiger charge is 2.43. The van der Waals surface area contributed by atoms with Gasteiger partial charge in [0, 0.05) is 31.9 Å². The molecule has 2 saturated heterocycles. The Balaban J connectivity index is 1.55. The lowest BCUT2D eigenvalue weighted by Gasteiger charge is -2.27. The van der Waals surface area contributed by atoms with Crippen molar-refractivity contribution >= 4 is 11.8 Å². The van der Waals surface area contributed by atoms with Gasteiger partial charge in [-0.3, -0.25) is 19.6 Å². The molecule has 2 atom stereocenters. The van der Waals surface area contributed by atoms with Crippen LogP contribution in [0, 0.1) is 0 Å². The predicted molar refractivity (Wildman–Crippen MR) is 98.1 cm³/mol. The third-order valence-corrected chi connectivity index (χ3v) is 5.05. The molecule has 0 bridgehead atoms. The smallest absolute Gasteiger partial charge is 0.273 e. The molecule has 2 amide bonds. The van der Waals surface area contributed by atoms with Crippen LogP contribution in [0.25, 0.3) is 0 Å². The van der Waals surface area contributed by atoms with Crippen LogP contribution in [0.5, 0.6) is 5.75 Å². The second-order valence-corrected chi connectivity index (χ2v) is 6.88. The molecular weight excluding hydrogens is 344 g/mol. The van der Waals surface area contributed by atoms with Crippen molar-refractivity contribution in [3.8, 4) is 5.75 Å². The molecule has 2 fully saturated rings. The fourth-order valence-electron chi connectivity index (χ4n) is 3.74. The molecule has 27 heavy (non-hydrogen) atoms. The summed E-state index contributed by atoms with van der Waals surface area (Å²) in [6.07, 6.45) is 7.16. The van der Waals surface area contributed by atoms with Crippen LogP contribution < -0.4 is 4.74 Å². The van der Waals surface area contributed by atoms with Gasteiger partial charge in [-0.25, -0.2) is 0 Å². The van der Waals surface area contributed by atoms with Gasteiger partial charge in [0.1, 0.15) is 23.6 Å². The van der Waals surface area contributed by atoms with Gasteiger partial charge in [0.25, 0.3) is 5.91 Å². The van der Waals surface area contributed by atoms with E-state index in [1.807, 2.05) is 11.0 Å². The zero-order valence-electron chi connectivity index (χ0n) is 15.0. The zero-order valence-corrected chi connectivity index (χ0v) is 15.0. The van der Waals surface area contributed by atoms with Crippen molar-refractivity contribution in [3.05, 3.63) is 54.6 Å². The van der Waals surface area contributed by atoms with Crippen LogP contribution >= 0.6 is 0 Å². The van der Waals surface area contributed by atoms with E-state index in [0.29, 0.717) is 24.4 Å². The van der Waals surface area contributed by atoms with Crippen LogP contribution in [0.4, 0.5) is 0 Å². The first-order valence-corrected chi connectivity index (χ1v) is 9.30. The molecule has 4 heterocycles. The zero-order chi connectivity index (χ0) is 18.6. The van der Waals surface area contributed by atoms with E-state index in [1.54, 1.807) is 47.8 Å². The molecule has 0 spiro atoms. The molecule has 2 aromatic heterocycles. The number of nitrogens with zero attached hydrogens (tertiary/aromatic N) is 4. The number of hydrogen-bond donors (Lipinski definition) is 0. The third-order valence-electron chi connectivity index (χ3n) is 5.05. The first-order valence-electron chi connectivity index (χ1n) is 9.30. The minimum Gasteiger partial charge on any atom is -0.487 e. The van der Waals surface area contributed by atoms with Gasteiger partial charge in [-0.05, 0) is 37.1 Å². The summed E-state index contributed by atoms with van der Waals surface area (Å²) in [7, 11) is 0. The number of carbonyl (C=O) groups is 2. The largest absolute Gasteiger partial charge is 0.487 e. The molecule has 7 heteroatoms. The quantitative estimate of drug-likeness (QED) is 0.824. The van der Waals surface area contributed by atoms with E-state index in [9.17, 15) is 9.59 Å². The maximum Gasteiger partial charge on any atom is 0.273 e. The van der Waals surface area contributed by atoms with E-state index in [-0.39, 0.29) is 17.9 Å². The molecule has 0 aliphatic carbocycles. The average Bonchev–Trinajstić information content (AvgIpc) is 3.39. The summed E-state index contributed by atoms with van der Waals surface area (Å²) in [5, 5.41) is 0. The Morgan fingerprint density at radius 2 is 1.93 bits per heavy atom. The molecule has 0 saturated carbocycles. The molecule has 2 aliphatic rings. The van der Waals surface area contributed by atoms with Crippen LogP contribution in [0.2, 0.25) is 0 Å². The number of ether oxygens (including phenoxy) is 1. The van der Waals surface area contributed by atoms with Gasteiger partial charge in [0.2, 0.25) is 5.91 Å². The normalized spacial score (nSPS) is 22.1. The number of rotatable bonds is 4. The molecule has 2 aliphatic heterocycles. The van der Waals surface area contributed by atoms with Gasteiger partial charge in [-0.15, -0.1) is 0 Å². The van der Waals surface area contributed by atoms with E-state index in [4.69, 9.17) is 4.74 Å². The highest BCUT2D eigenvalue weighted by atomic mass is 16.5. The van der Waals surface area contributed by atoms with Gasteiger partial charge < -0.3 is 14.5 Å². The van der Waals surface area contributed by atoms with Crippen LogP contribution in [-0.4, -0.2) is 63.4 Å². The Bertz CT molecular complexity index is 793. The van der Waals surface area contributed by atoms with Crippen LogP contribution in [0.3, 0.4) is 0 Å². The van der Waals surface area contributed by atoms with E-state index in [2.05, 4.69) is 9.97 Å². The van der Waals surface area contributed by atoms with Gasteiger partial charge in [-0.1, -0.05) is 6.07 Å². The fraction of sp³-hybridized carbons (Fsp3) is 0.400.